The molecule has 0 fully saturated rings. The van der Waals surface area contributed by atoms with Gasteiger partial charge in [0.2, 0.25) is 0 Å². The molecule has 25 heavy (non-hydrogen) atoms. The predicted octanol–water partition coefficient (Wildman–Crippen LogP) is 3.80. The Kier molecular flexibility index (Phi) is 4.88. The van der Waals surface area contributed by atoms with Crippen LogP contribution in [0.25, 0.3) is 6.08 Å². The van der Waals surface area contributed by atoms with Gasteiger partial charge in [0.15, 0.2) is 6.73 Å². The van der Waals surface area contributed by atoms with Crippen molar-refractivity contribution in [2.24, 2.45) is 0 Å². The van der Waals surface area contributed by atoms with E-state index in [1.54, 1.807) is 42.5 Å². The van der Waals surface area contributed by atoms with E-state index in [-0.39, 0.29) is 0 Å². The molecule has 2 aromatic carbocycles. The number of imide groups is 1. The summed E-state index contributed by atoms with van der Waals surface area (Å²) in [6.07, 6.45) is 2.62. The Morgan fingerprint density at radius 2 is 1.68 bits per heavy atom. The fraction of sp³-hybridized carbons (Fsp3) is 0.0556. The summed E-state index contributed by atoms with van der Waals surface area (Å²) in [4.78, 5) is 37.0. The van der Waals surface area contributed by atoms with Crippen molar-refractivity contribution < 1.29 is 19.1 Å². The van der Waals surface area contributed by atoms with E-state index in [4.69, 9.17) is 27.9 Å². The largest absolute Gasteiger partial charge is 0.441 e. The molecule has 0 saturated heterocycles. The summed E-state index contributed by atoms with van der Waals surface area (Å²) >= 11 is 11.8. The van der Waals surface area contributed by atoms with Gasteiger partial charge in [-0.25, -0.2) is 9.69 Å². The molecule has 2 amide bonds. The van der Waals surface area contributed by atoms with Gasteiger partial charge >= 0.3 is 5.97 Å². The maximum absolute atomic E-state index is 12.1. The Morgan fingerprint density at radius 3 is 2.28 bits per heavy atom. The number of hydrogen-bond donors (Lipinski definition) is 0. The fourth-order valence-electron chi connectivity index (χ4n) is 2.33. The lowest BCUT2D eigenvalue weighted by Crippen LogP contribution is -2.32. The first kappa shape index (κ1) is 17.2. The summed E-state index contributed by atoms with van der Waals surface area (Å²) in [7, 11) is 0. The number of amides is 2. The van der Waals surface area contributed by atoms with Crippen LogP contribution < -0.4 is 0 Å². The van der Waals surface area contributed by atoms with Crippen molar-refractivity contribution in [2.45, 2.75) is 0 Å². The third-order valence-corrected chi connectivity index (χ3v) is 4.14. The minimum atomic E-state index is -0.706. The maximum atomic E-state index is 12.1. The predicted molar refractivity (Wildman–Crippen MR) is 93.4 cm³/mol. The van der Waals surface area contributed by atoms with Crippen LogP contribution in [0.4, 0.5) is 0 Å². The zero-order chi connectivity index (χ0) is 18.0. The number of rotatable bonds is 4. The molecule has 2 aromatic rings. The van der Waals surface area contributed by atoms with Gasteiger partial charge in [0.1, 0.15) is 0 Å². The molecule has 0 saturated carbocycles. The van der Waals surface area contributed by atoms with Crippen LogP contribution in [0, 0.1) is 0 Å². The van der Waals surface area contributed by atoms with Crippen LogP contribution in [0.2, 0.25) is 10.0 Å². The molecule has 0 N–H and O–H groups in total. The van der Waals surface area contributed by atoms with Gasteiger partial charge in [-0.1, -0.05) is 41.4 Å². The SMILES string of the molecule is O=C(/C=C/c1ccc(Cl)cc1Cl)OCN1C(=O)c2ccccc2C1=O. The number of fused-ring (bicyclic) bond motifs is 1. The molecule has 3 rings (SSSR count). The van der Waals surface area contributed by atoms with E-state index in [0.29, 0.717) is 26.7 Å². The molecular weight excluding hydrogens is 365 g/mol. The molecule has 0 bridgehead atoms. The van der Waals surface area contributed by atoms with Crippen LogP contribution in [-0.2, 0) is 9.53 Å². The van der Waals surface area contributed by atoms with E-state index in [0.717, 1.165) is 11.0 Å². The highest BCUT2D eigenvalue weighted by molar-refractivity contribution is 6.35. The van der Waals surface area contributed by atoms with Gasteiger partial charge in [0.25, 0.3) is 11.8 Å². The standard InChI is InChI=1S/C18H11Cl2NO4/c19-12-7-5-11(15(20)9-12)6-8-16(22)25-10-21-17(23)13-3-1-2-4-14(13)18(21)24/h1-9H,10H2/b8-6+. The Hall–Kier alpha value is -2.63. The monoisotopic (exact) mass is 375 g/mol. The zero-order valence-corrected chi connectivity index (χ0v) is 14.3. The summed E-state index contributed by atoms with van der Waals surface area (Å²) < 4.78 is 4.97. The maximum Gasteiger partial charge on any atom is 0.332 e. The summed E-state index contributed by atoms with van der Waals surface area (Å²) in [5, 5.41) is 0.868. The molecule has 0 aromatic heterocycles. The molecule has 1 aliphatic heterocycles. The highest BCUT2D eigenvalue weighted by atomic mass is 35.5. The van der Waals surface area contributed by atoms with Crippen molar-refractivity contribution in [1.29, 1.82) is 0 Å². The first-order valence-corrected chi connectivity index (χ1v) is 7.98. The van der Waals surface area contributed by atoms with Gasteiger partial charge in [0, 0.05) is 16.1 Å². The number of halogens is 2. The molecule has 0 atom stereocenters. The summed E-state index contributed by atoms with van der Waals surface area (Å²) in [6.45, 7) is -0.454. The Labute approximate surface area is 153 Å². The van der Waals surface area contributed by atoms with Crippen molar-refractivity contribution in [1.82, 2.24) is 4.90 Å². The number of carbonyl (C=O) groups is 3. The molecule has 0 spiro atoms. The lowest BCUT2D eigenvalue weighted by molar-refractivity contribution is -0.140. The van der Waals surface area contributed by atoms with Crippen molar-refractivity contribution >= 4 is 47.1 Å². The minimum absolute atomic E-state index is 0.298. The molecule has 1 aliphatic rings. The van der Waals surface area contributed by atoms with E-state index < -0.39 is 24.5 Å². The second-order valence-corrected chi connectivity index (χ2v) is 6.02. The van der Waals surface area contributed by atoms with Crippen molar-refractivity contribution in [2.75, 3.05) is 6.73 Å². The first-order valence-electron chi connectivity index (χ1n) is 7.22. The molecular formula is C18H11Cl2NO4. The molecule has 0 aliphatic carbocycles. The molecule has 0 unspecified atom stereocenters. The van der Waals surface area contributed by atoms with Gasteiger partial charge in [-0.15, -0.1) is 0 Å². The third-order valence-electron chi connectivity index (χ3n) is 3.58. The molecule has 1 heterocycles. The van der Waals surface area contributed by atoms with Gasteiger partial charge in [-0.3, -0.25) is 9.59 Å². The molecule has 7 heteroatoms. The second kappa shape index (κ2) is 7.09. The lowest BCUT2D eigenvalue weighted by Gasteiger charge is -2.12. The van der Waals surface area contributed by atoms with E-state index in [1.807, 2.05) is 0 Å². The van der Waals surface area contributed by atoms with E-state index in [2.05, 4.69) is 0 Å². The van der Waals surface area contributed by atoms with Crippen molar-refractivity contribution in [3.63, 3.8) is 0 Å². The second-order valence-electron chi connectivity index (χ2n) is 5.18. The first-order chi connectivity index (χ1) is 12.0. The Bertz CT molecular complexity index is 873. The number of benzene rings is 2. The highest BCUT2D eigenvalue weighted by Gasteiger charge is 2.35. The number of ether oxygens (including phenoxy) is 1. The van der Waals surface area contributed by atoms with Crippen LogP contribution in [0.3, 0.4) is 0 Å². The van der Waals surface area contributed by atoms with E-state index in [1.165, 1.54) is 6.08 Å². The van der Waals surface area contributed by atoms with Crippen LogP contribution in [0.5, 0.6) is 0 Å². The Balaban J connectivity index is 1.62. The van der Waals surface area contributed by atoms with Crippen LogP contribution in [-0.4, -0.2) is 29.4 Å². The number of nitrogens with zero attached hydrogens (tertiary/aromatic N) is 1. The third kappa shape index (κ3) is 3.57. The van der Waals surface area contributed by atoms with Crippen LogP contribution >= 0.6 is 23.2 Å². The smallest absolute Gasteiger partial charge is 0.332 e. The average molecular weight is 376 g/mol. The van der Waals surface area contributed by atoms with Crippen molar-refractivity contribution in [3.8, 4) is 0 Å². The van der Waals surface area contributed by atoms with E-state index >= 15 is 0 Å². The topological polar surface area (TPSA) is 63.7 Å². The van der Waals surface area contributed by atoms with Crippen molar-refractivity contribution in [3.05, 3.63) is 75.3 Å². The molecule has 5 nitrogen and oxygen atoms in total. The molecule has 126 valence electrons. The molecule has 0 radical (unpaired) electrons. The number of esters is 1. The van der Waals surface area contributed by atoms with Crippen LogP contribution in [0.15, 0.2) is 48.5 Å². The Morgan fingerprint density at radius 1 is 1.04 bits per heavy atom. The summed E-state index contributed by atoms with van der Waals surface area (Å²) in [6, 6.07) is 11.3. The lowest BCUT2D eigenvalue weighted by atomic mass is 10.1. The quantitative estimate of drug-likeness (QED) is 0.463. The average Bonchev–Trinajstić information content (AvgIpc) is 2.84. The van der Waals surface area contributed by atoms with Gasteiger partial charge in [0.05, 0.1) is 11.1 Å². The van der Waals surface area contributed by atoms with Gasteiger partial charge in [-0.2, -0.15) is 0 Å². The number of hydrogen-bond acceptors (Lipinski definition) is 4. The minimum Gasteiger partial charge on any atom is -0.441 e. The van der Waals surface area contributed by atoms with Gasteiger partial charge < -0.3 is 4.74 Å². The van der Waals surface area contributed by atoms with Gasteiger partial charge in [-0.05, 0) is 35.9 Å². The number of carbonyl (C=O) groups excluding carboxylic acids is 3. The highest BCUT2D eigenvalue weighted by Crippen LogP contribution is 2.23. The fourth-order valence-corrected chi connectivity index (χ4v) is 2.80. The summed E-state index contributed by atoms with van der Waals surface area (Å²) in [5.41, 5.74) is 1.18. The zero-order valence-electron chi connectivity index (χ0n) is 12.7. The summed E-state index contributed by atoms with van der Waals surface area (Å²) in [5.74, 6) is -1.68. The van der Waals surface area contributed by atoms with Crippen LogP contribution in [0.1, 0.15) is 26.3 Å². The van der Waals surface area contributed by atoms with E-state index in [9.17, 15) is 14.4 Å². The normalized spacial score (nSPS) is 13.4.